The number of hydrogen-bond donors (Lipinski definition) is 1. The van der Waals surface area contributed by atoms with Crippen molar-refractivity contribution >= 4 is 16.6 Å². The Morgan fingerprint density at radius 1 is 1.05 bits per heavy atom. The molecule has 21 heavy (non-hydrogen) atoms. The van der Waals surface area contributed by atoms with Gasteiger partial charge >= 0.3 is 0 Å². The van der Waals surface area contributed by atoms with Crippen molar-refractivity contribution in [2.45, 2.75) is 6.92 Å². The molecule has 3 rings (SSSR count). The molecule has 0 saturated carbocycles. The van der Waals surface area contributed by atoms with Gasteiger partial charge in [0.05, 0.1) is 18.3 Å². The van der Waals surface area contributed by atoms with E-state index in [0.717, 1.165) is 16.5 Å². The van der Waals surface area contributed by atoms with Crippen molar-refractivity contribution in [3.63, 3.8) is 0 Å². The number of nitrogens with zero attached hydrogens (tertiary/aromatic N) is 1. The van der Waals surface area contributed by atoms with Crippen molar-refractivity contribution in [3.05, 3.63) is 54.1 Å². The summed E-state index contributed by atoms with van der Waals surface area (Å²) in [5.74, 6) is 1.83. The molecule has 0 saturated heterocycles. The zero-order valence-corrected chi connectivity index (χ0v) is 12.0. The lowest BCUT2D eigenvalue weighted by Gasteiger charge is -2.11. The van der Waals surface area contributed by atoms with E-state index in [0.29, 0.717) is 23.1 Å². The molecule has 0 atom stereocenters. The van der Waals surface area contributed by atoms with E-state index in [1.54, 1.807) is 19.2 Å². The van der Waals surface area contributed by atoms with Gasteiger partial charge in [0.2, 0.25) is 5.88 Å². The normalized spacial score (nSPS) is 10.6. The van der Waals surface area contributed by atoms with Gasteiger partial charge < -0.3 is 15.2 Å². The zero-order chi connectivity index (χ0) is 14.8. The van der Waals surface area contributed by atoms with Crippen molar-refractivity contribution in [1.29, 1.82) is 0 Å². The lowest BCUT2D eigenvalue weighted by Crippen LogP contribution is -1.96. The van der Waals surface area contributed by atoms with Gasteiger partial charge in [-0.15, -0.1) is 0 Å². The van der Waals surface area contributed by atoms with Gasteiger partial charge in [-0.3, -0.25) is 0 Å². The number of benzene rings is 2. The predicted octanol–water partition coefficient (Wildman–Crippen LogP) is 3.93. The maximum Gasteiger partial charge on any atom is 0.222 e. The number of para-hydroxylation sites is 1. The maximum atomic E-state index is 5.97. The number of anilines is 1. The summed E-state index contributed by atoms with van der Waals surface area (Å²) in [5.41, 5.74) is 8.35. The van der Waals surface area contributed by atoms with E-state index in [9.17, 15) is 0 Å². The van der Waals surface area contributed by atoms with Crippen molar-refractivity contribution in [2.24, 2.45) is 0 Å². The van der Waals surface area contributed by atoms with E-state index in [2.05, 4.69) is 11.1 Å². The number of rotatable bonds is 3. The van der Waals surface area contributed by atoms with Gasteiger partial charge in [-0.05, 0) is 31.2 Å². The van der Waals surface area contributed by atoms with Crippen LogP contribution in [0.4, 0.5) is 5.69 Å². The van der Waals surface area contributed by atoms with Gasteiger partial charge in [-0.1, -0.05) is 18.2 Å². The van der Waals surface area contributed by atoms with Crippen LogP contribution in [0.1, 0.15) is 5.56 Å². The molecule has 3 aromatic rings. The van der Waals surface area contributed by atoms with Gasteiger partial charge in [0, 0.05) is 17.0 Å². The van der Waals surface area contributed by atoms with Crippen LogP contribution in [0, 0.1) is 6.92 Å². The third-order valence-corrected chi connectivity index (χ3v) is 3.29. The molecule has 0 aliphatic heterocycles. The van der Waals surface area contributed by atoms with Crippen LogP contribution in [0.5, 0.6) is 17.4 Å². The first-order chi connectivity index (χ1) is 10.2. The summed E-state index contributed by atoms with van der Waals surface area (Å²) < 4.78 is 11.0. The van der Waals surface area contributed by atoms with Crippen molar-refractivity contribution in [1.82, 2.24) is 4.98 Å². The number of aromatic nitrogens is 1. The van der Waals surface area contributed by atoms with Crippen molar-refractivity contribution < 1.29 is 9.47 Å². The first-order valence-electron chi connectivity index (χ1n) is 6.65. The Balaban J connectivity index is 1.99. The van der Waals surface area contributed by atoms with Crippen LogP contribution in [-0.2, 0) is 0 Å². The van der Waals surface area contributed by atoms with Crippen LogP contribution in [0.25, 0.3) is 10.9 Å². The molecule has 106 valence electrons. The maximum absolute atomic E-state index is 5.97. The van der Waals surface area contributed by atoms with E-state index in [1.807, 2.05) is 37.3 Å². The highest BCUT2D eigenvalue weighted by Crippen LogP contribution is 2.32. The molecule has 0 aliphatic carbocycles. The highest BCUT2D eigenvalue weighted by atomic mass is 16.5. The van der Waals surface area contributed by atoms with Crippen molar-refractivity contribution in [2.75, 3.05) is 12.8 Å². The Hall–Kier alpha value is -2.75. The summed E-state index contributed by atoms with van der Waals surface area (Å²) in [6.45, 7) is 1.97. The molecule has 4 nitrogen and oxygen atoms in total. The quantitative estimate of drug-likeness (QED) is 0.739. The molecule has 1 heterocycles. The molecule has 0 amide bonds. The first-order valence-corrected chi connectivity index (χ1v) is 6.65. The van der Waals surface area contributed by atoms with Crippen LogP contribution >= 0.6 is 0 Å². The summed E-state index contributed by atoms with van der Waals surface area (Å²) >= 11 is 0. The zero-order valence-electron chi connectivity index (χ0n) is 12.0. The summed E-state index contributed by atoms with van der Waals surface area (Å²) in [6, 6.07) is 15.3. The molecule has 2 aromatic carbocycles. The van der Waals surface area contributed by atoms with Crippen LogP contribution in [-0.4, -0.2) is 12.1 Å². The van der Waals surface area contributed by atoms with Gasteiger partial charge in [0.25, 0.3) is 0 Å². The molecule has 0 spiro atoms. The third-order valence-electron chi connectivity index (χ3n) is 3.29. The standard InChI is InChI=1S/C17H16N2O2/c1-11-9-12-5-3-4-6-15(12)19-17(11)21-16-8-7-13(20-2)10-14(16)18/h3-10H,18H2,1-2H3. The molecule has 1 aromatic heterocycles. The molecule has 2 N–H and O–H groups in total. The van der Waals surface area contributed by atoms with Crippen LogP contribution in [0.2, 0.25) is 0 Å². The Morgan fingerprint density at radius 2 is 1.86 bits per heavy atom. The van der Waals surface area contributed by atoms with E-state index in [4.69, 9.17) is 15.2 Å². The summed E-state index contributed by atoms with van der Waals surface area (Å²) in [5, 5.41) is 1.09. The number of pyridine rings is 1. The highest BCUT2D eigenvalue weighted by molar-refractivity contribution is 5.80. The summed E-state index contributed by atoms with van der Waals surface area (Å²) in [7, 11) is 1.60. The SMILES string of the molecule is COc1ccc(Oc2nc3ccccc3cc2C)c(N)c1. The van der Waals surface area contributed by atoms with Gasteiger partial charge in [0.1, 0.15) is 5.75 Å². The van der Waals surface area contributed by atoms with E-state index in [1.165, 1.54) is 0 Å². The van der Waals surface area contributed by atoms with E-state index in [-0.39, 0.29) is 0 Å². The van der Waals surface area contributed by atoms with Crippen LogP contribution in [0.3, 0.4) is 0 Å². The minimum Gasteiger partial charge on any atom is -0.497 e. The third kappa shape index (κ3) is 2.60. The molecule has 0 aliphatic rings. The van der Waals surface area contributed by atoms with E-state index < -0.39 is 0 Å². The molecular formula is C17H16N2O2. The van der Waals surface area contributed by atoms with Crippen LogP contribution < -0.4 is 15.2 Å². The predicted molar refractivity (Wildman–Crippen MR) is 84.0 cm³/mol. The monoisotopic (exact) mass is 280 g/mol. The fraction of sp³-hybridized carbons (Fsp3) is 0.118. The summed E-state index contributed by atoms with van der Waals surface area (Å²) in [6.07, 6.45) is 0. The number of hydrogen-bond acceptors (Lipinski definition) is 4. The number of ether oxygens (including phenoxy) is 2. The summed E-state index contributed by atoms with van der Waals surface area (Å²) in [4.78, 5) is 4.54. The Bertz CT molecular complexity index is 800. The van der Waals surface area contributed by atoms with Gasteiger partial charge in [0.15, 0.2) is 5.75 Å². The topological polar surface area (TPSA) is 57.4 Å². The number of nitrogen functional groups attached to an aromatic ring is 1. The molecule has 4 heteroatoms. The van der Waals surface area contributed by atoms with E-state index >= 15 is 0 Å². The lowest BCUT2D eigenvalue weighted by molar-refractivity contribution is 0.412. The smallest absolute Gasteiger partial charge is 0.222 e. The number of nitrogens with two attached hydrogens (primary N) is 1. The minimum absolute atomic E-state index is 0.517. The first kappa shape index (κ1) is 13.2. The Morgan fingerprint density at radius 3 is 2.62 bits per heavy atom. The fourth-order valence-corrected chi connectivity index (χ4v) is 2.16. The largest absolute Gasteiger partial charge is 0.497 e. The molecule has 0 bridgehead atoms. The highest BCUT2D eigenvalue weighted by Gasteiger charge is 2.09. The van der Waals surface area contributed by atoms with Gasteiger partial charge in [-0.2, -0.15) is 0 Å². The number of aryl methyl sites for hydroxylation is 1. The average Bonchev–Trinajstić information content (AvgIpc) is 2.49. The molecule has 0 unspecified atom stereocenters. The number of methoxy groups -OCH3 is 1. The molecule has 0 radical (unpaired) electrons. The average molecular weight is 280 g/mol. The second-order valence-corrected chi connectivity index (χ2v) is 4.81. The second-order valence-electron chi connectivity index (χ2n) is 4.81. The minimum atomic E-state index is 0.517. The second kappa shape index (κ2) is 5.32. The Labute approximate surface area is 123 Å². The Kier molecular flexibility index (Phi) is 3.36. The van der Waals surface area contributed by atoms with Gasteiger partial charge in [-0.25, -0.2) is 4.98 Å². The molecule has 0 fully saturated rings. The van der Waals surface area contributed by atoms with Crippen molar-refractivity contribution in [3.8, 4) is 17.4 Å². The molecular weight excluding hydrogens is 264 g/mol. The fourth-order valence-electron chi connectivity index (χ4n) is 2.16. The lowest BCUT2D eigenvalue weighted by atomic mass is 10.2. The number of fused-ring (bicyclic) bond motifs is 1. The van der Waals surface area contributed by atoms with Crippen LogP contribution in [0.15, 0.2) is 48.5 Å².